The van der Waals surface area contributed by atoms with Crippen molar-refractivity contribution in [1.29, 1.82) is 0 Å². The Morgan fingerprint density at radius 3 is 2.89 bits per heavy atom. The number of hydrogen-bond donors (Lipinski definition) is 0. The molecular weight excluding hydrogens is 244 g/mol. The largest absolute Gasteiger partial charge is 0.346 e. The molecule has 5 heteroatoms. The zero-order chi connectivity index (χ0) is 13.3. The van der Waals surface area contributed by atoms with Gasteiger partial charge in [-0.1, -0.05) is 6.07 Å². The molecule has 5 nitrogen and oxygen atoms in total. The molecule has 3 heterocycles. The normalized spacial score (nSPS) is 21.8. The van der Waals surface area contributed by atoms with Crippen molar-refractivity contribution in [3.63, 3.8) is 0 Å². The van der Waals surface area contributed by atoms with Crippen LogP contribution in [0, 0.1) is 6.92 Å². The van der Waals surface area contributed by atoms with E-state index in [1.54, 1.807) is 11.0 Å². The van der Waals surface area contributed by atoms with Crippen molar-refractivity contribution in [1.82, 2.24) is 9.88 Å². The molecule has 0 atom stereocenters. The molecule has 3 rings (SSSR count). The second-order valence-electron chi connectivity index (χ2n) is 5.10. The average Bonchev–Trinajstić information content (AvgIpc) is 2.86. The zero-order valence-corrected chi connectivity index (χ0v) is 11.1. The van der Waals surface area contributed by atoms with Crippen LogP contribution in [0.15, 0.2) is 18.2 Å². The lowest BCUT2D eigenvalue weighted by molar-refractivity contribution is -0.183. The Bertz CT molecular complexity index is 483. The molecule has 0 N–H and O–H groups in total. The molecular formula is C14H18N2O3. The standard InChI is InChI=1S/C14H18N2O3/c1-11-4-2-5-12(15-11)13(17)16-7-3-6-14(10-16)18-8-9-19-14/h2,4-5H,3,6-10H2,1H3. The van der Waals surface area contributed by atoms with Crippen LogP contribution >= 0.6 is 0 Å². The maximum Gasteiger partial charge on any atom is 0.272 e. The van der Waals surface area contributed by atoms with Gasteiger partial charge < -0.3 is 14.4 Å². The van der Waals surface area contributed by atoms with E-state index in [0.717, 1.165) is 25.1 Å². The number of nitrogens with zero attached hydrogens (tertiary/aromatic N) is 2. The summed E-state index contributed by atoms with van der Waals surface area (Å²) in [6, 6.07) is 5.50. The molecule has 1 aromatic heterocycles. The smallest absolute Gasteiger partial charge is 0.272 e. The number of aromatic nitrogens is 1. The summed E-state index contributed by atoms with van der Waals surface area (Å²) in [5.74, 6) is -0.612. The first-order chi connectivity index (χ1) is 9.19. The van der Waals surface area contributed by atoms with Gasteiger partial charge in [-0.05, 0) is 25.5 Å². The summed E-state index contributed by atoms with van der Waals surface area (Å²) in [6.45, 7) is 4.36. The zero-order valence-electron chi connectivity index (χ0n) is 11.1. The fourth-order valence-electron chi connectivity index (χ4n) is 2.72. The number of ether oxygens (including phenoxy) is 2. The quantitative estimate of drug-likeness (QED) is 0.767. The summed E-state index contributed by atoms with van der Waals surface area (Å²) in [5, 5.41) is 0. The molecule has 0 radical (unpaired) electrons. The molecule has 2 saturated heterocycles. The number of pyridine rings is 1. The van der Waals surface area contributed by atoms with Crippen LogP contribution in [0.25, 0.3) is 0 Å². The van der Waals surface area contributed by atoms with Crippen LogP contribution in [0.3, 0.4) is 0 Å². The molecule has 2 fully saturated rings. The molecule has 1 aromatic rings. The first-order valence-electron chi connectivity index (χ1n) is 6.69. The predicted octanol–water partition coefficient (Wildman–Crippen LogP) is 1.37. The number of amides is 1. The second kappa shape index (κ2) is 4.90. The number of carbonyl (C=O) groups is 1. The third-order valence-corrected chi connectivity index (χ3v) is 3.63. The molecule has 0 aliphatic carbocycles. The van der Waals surface area contributed by atoms with E-state index in [0.29, 0.717) is 25.5 Å². The fourth-order valence-corrected chi connectivity index (χ4v) is 2.72. The van der Waals surface area contributed by atoms with E-state index in [-0.39, 0.29) is 5.91 Å². The maximum absolute atomic E-state index is 12.4. The van der Waals surface area contributed by atoms with Gasteiger partial charge in [0.15, 0.2) is 5.79 Å². The first kappa shape index (κ1) is 12.6. The molecule has 0 bridgehead atoms. The van der Waals surface area contributed by atoms with Crippen molar-refractivity contribution in [3.8, 4) is 0 Å². The van der Waals surface area contributed by atoms with E-state index in [1.807, 2.05) is 19.1 Å². The predicted molar refractivity (Wildman–Crippen MR) is 68.7 cm³/mol. The Morgan fingerprint density at radius 1 is 1.37 bits per heavy atom. The molecule has 0 saturated carbocycles. The second-order valence-corrected chi connectivity index (χ2v) is 5.10. The summed E-state index contributed by atoms with van der Waals surface area (Å²) in [7, 11) is 0. The number of aryl methyl sites for hydroxylation is 1. The fraction of sp³-hybridized carbons (Fsp3) is 0.571. The Balaban J connectivity index is 1.76. The number of likely N-dealkylation sites (tertiary alicyclic amines) is 1. The van der Waals surface area contributed by atoms with Crippen molar-refractivity contribution in [3.05, 3.63) is 29.6 Å². The highest BCUT2D eigenvalue weighted by Gasteiger charge is 2.42. The Morgan fingerprint density at radius 2 is 2.16 bits per heavy atom. The third-order valence-electron chi connectivity index (χ3n) is 3.63. The van der Waals surface area contributed by atoms with Crippen molar-refractivity contribution in [2.45, 2.75) is 25.6 Å². The van der Waals surface area contributed by atoms with Crippen LogP contribution in [0.1, 0.15) is 29.0 Å². The van der Waals surface area contributed by atoms with Gasteiger partial charge in [0.1, 0.15) is 5.69 Å². The lowest BCUT2D eigenvalue weighted by Crippen LogP contribution is -2.51. The molecule has 2 aliphatic heterocycles. The third kappa shape index (κ3) is 2.48. The van der Waals surface area contributed by atoms with Gasteiger partial charge in [0.25, 0.3) is 5.91 Å². The van der Waals surface area contributed by atoms with Gasteiger partial charge in [0.05, 0.1) is 19.8 Å². The minimum atomic E-state index is -0.572. The van der Waals surface area contributed by atoms with E-state index in [2.05, 4.69) is 4.98 Å². The summed E-state index contributed by atoms with van der Waals surface area (Å²) >= 11 is 0. The van der Waals surface area contributed by atoms with Crippen molar-refractivity contribution < 1.29 is 14.3 Å². The van der Waals surface area contributed by atoms with E-state index >= 15 is 0 Å². The van der Waals surface area contributed by atoms with Crippen LogP contribution in [0.4, 0.5) is 0 Å². The van der Waals surface area contributed by atoms with Crippen LogP contribution in [-0.4, -0.2) is 47.9 Å². The van der Waals surface area contributed by atoms with Crippen LogP contribution < -0.4 is 0 Å². The maximum atomic E-state index is 12.4. The SMILES string of the molecule is Cc1cccc(C(=O)N2CCCC3(C2)OCCO3)n1. The minimum Gasteiger partial charge on any atom is -0.346 e. The van der Waals surface area contributed by atoms with Gasteiger partial charge in [0, 0.05) is 18.7 Å². The van der Waals surface area contributed by atoms with Crippen LogP contribution in [0.2, 0.25) is 0 Å². The monoisotopic (exact) mass is 262 g/mol. The van der Waals surface area contributed by atoms with Gasteiger partial charge in [-0.15, -0.1) is 0 Å². The van der Waals surface area contributed by atoms with Crippen LogP contribution in [0.5, 0.6) is 0 Å². The minimum absolute atomic E-state index is 0.0399. The van der Waals surface area contributed by atoms with E-state index in [1.165, 1.54) is 0 Å². The topological polar surface area (TPSA) is 51.7 Å². The summed E-state index contributed by atoms with van der Waals surface area (Å²) in [5.41, 5.74) is 1.35. The lowest BCUT2D eigenvalue weighted by atomic mass is 10.0. The highest BCUT2D eigenvalue weighted by Crippen LogP contribution is 2.30. The first-order valence-corrected chi connectivity index (χ1v) is 6.69. The highest BCUT2D eigenvalue weighted by atomic mass is 16.7. The number of hydrogen-bond acceptors (Lipinski definition) is 4. The number of piperidine rings is 1. The van der Waals surface area contributed by atoms with E-state index < -0.39 is 5.79 Å². The van der Waals surface area contributed by atoms with E-state index in [9.17, 15) is 4.79 Å². The van der Waals surface area contributed by atoms with Crippen LogP contribution in [-0.2, 0) is 9.47 Å². The molecule has 2 aliphatic rings. The molecule has 1 spiro atoms. The lowest BCUT2D eigenvalue weighted by Gasteiger charge is -2.38. The van der Waals surface area contributed by atoms with Gasteiger partial charge >= 0.3 is 0 Å². The van der Waals surface area contributed by atoms with Crippen molar-refractivity contribution >= 4 is 5.91 Å². The van der Waals surface area contributed by atoms with Crippen molar-refractivity contribution in [2.75, 3.05) is 26.3 Å². The summed E-state index contributed by atoms with van der Waals surface area (Å²) < 4.78 is 11.4. The molecule has 0 aromatic carbocycles. The van der Waals surface area contributed by atoms with Crippen molar-refractivity contribution in [2.24, 2.45) is 0 Å². The molecule has 19 heavy (non-hydrogen) atoms. The Hall–Kier alpha value is -1.46. The van der Waals surface area contributed by atoms with Gasteiger partial charge in [0.2, 0.25) is 0 Å². The average molecular weight is 262 g/mol. The van der Waals surface area contributed by atoms with Gasteiger partial charge in [-0.25, -0.2) is 4.98 Å². The molecule has 102 valence electrons. The van der Waals surface area contributed by atoms with E-state index in [4.69, 9.17) is 9.47 Å². The summed E-state index contributed by atoms with van der Waals surface area (Å²) in [6.07, 6.45) is 1.76. The number of rotatable bonds is 1. The number of carbonyl (C=O) groups excluding carboxylic acids is 1. The molecule has 1 amide bonds. The van der Waals surface area contributed by atoms with Gasteiger partial charge in [-0.2, -0.15) is 0 Å². The Labute approximate surface area is 112 Å². The summed E-state index contributed by atoms with van der Waals surface area (Å²) in [4.78, 5) is 18.5. The van der Waals surface area contributed by atoms with Gasteiger partial charge in [-0.3, -0.25) is 4.79 Å². The Kier molecular flexibility index (Phi) is 3.24. The molecule has 0 unspecified atom stereocenters. The highest BCUT2D eigenvalue weighted by molar-refractivity contribution is 5.92.